The molecule has 0 aliphatic rings. The van der Waals surface area contributed by atoms with E-state index in [1.54, 1.807) is 0 Å². The van der Waals surface area contributed by atoms with Crippen LogP contribution in [0.15, 0.2) is 29.2 Å². The SMILES string of the molecule is CCC(CC)(CN)C(=O)NCCNS(=O)(=O)c1cccc([N+](=O)[O-])c1. The number of hydrogen-bond donors (Lipinski definition) is 3. The van der Waals surface area contributed by atoms with Gasteiger partial charge in [-0.15, -0.1) is 0 Å². The molecule has 0 aliphatic carbocycles. The van der Waals surface area contributed by atoms with Gasteiger partial charge in [0, 0.05) is 31.8 Å². The smallest absolute Gasteiger partial charge is 0.270 e. The molecule has 9 nitrogen and oxygen atoms in total. The number of sulfonamides is 1. The molecule has 0 heterocycles. The molecule has 1 amide bonds. The molecule has 1 aromatic carbocycles. The molecule has 1 rings (SSSR count). The summed E-state index contributed by atoms with van der Waals surface area (Å²) in [5, 5.41) is 13.4. The zero-order valence-corrected chi connectivity index (χ0v) is 15.1. The molecule has 0 aromatic heterocycles. The molecule has 140 valence electrons. The molecular formula is C15H24N4O5S. The van der Waals surface area contributed by atoms with Gasteiger partial charge in [0.1, 0.15) is 0 Å². The Morgan fingerprint density at radius 1 is 1.28 bits per heavy atom. The summed E-state index contributed by atoms with van der Waals surface area (Å²) in [6.45, 7) is 4.02. The predicted octanol–water partition coefficient (Wildman–Crippen LogP) is 0.754. The van der Waals surface area contributed by atoms with E-state index in [1.165, 1.54) is 18.2 Å². The van der Waals surface area contributed by atoms with Gasteiger partial charge in [-0.05, 0) is 18.9 Å². The number of rotatable bonds is 10. The van der Waals surface area contributed by atoms with Crippen molar-refractivity contribution < 1.29 is 18.1 Å². The predicted molar refractivity (Wildman–Crippen MR) is 93.4 cm³/mol. The van der Waals surface area contributed by atoms with E-state index in [2.05, 4.69) is 10.0 Å². The lowest BCUT2D eigenvalue weighted by Crippen LogP contribution is -2.47. The first-order chi connectivity index (χ1) is 11.7. The molecular weight excluding hydrogens is 348 g/mol. The molecule has 0 saturated carbocycles. The number of hydrogen-bond acceptors (Lipinski definition) is 6. The monoisotopic (exact) mass is 372 g/mol. The fourth-order valence-corrected chi connectivity index (χ4v) is 3.42. The maximum Gasteiger partial charge on any atom is 0.270 e. The van der Waals surface area contributed by atoms with Crippen LogP contribution in [0.25, 0.3) is 0 Å². The number of nitrogens with two attached hydrogens (primary N) is 1. The van der Waals surface area contributed by atoms with Crippen LogP contribution in [-0.4, -0.2) is 38.9 Å². The van der Waals surface area contributed by atoms with Crippen LogP contribution in [-0.2, 0) is 14.8 Å². The van der Waals surface area contributed by atoms with Crippen LogP contribution in [0.4, 0.5) is 5.69 Å². The number of non-ortho nitro benzene ring substituents is 1. The lowest BCUT2D eigenvalue weighted by molar-refractivity contribution is -0.385. The maximum absolute atomic E-state index is 12.2. The van der Waals surface area contributed by atoms with Crippen LogP contribution in [0.2, 0.25) is 0 Å². The quantitative estimate of drug-likeness (QED) is 0.314. The van der Waals surface area contributed by atoms with E-state index in [0.717, 1.165) is 6.07 Å². The topological polar surface area (TPSA) is 144 Å². The average molecular weight is 372 g/mol. The van der Waals surface area contributed by atoms with Crippen molar-refractivity contribution in [1.29, 1.82) is 0 Å². The summed E-state index contributed by atoms with van der Waals surface area (Å²) in [5.41, 5.74) is 4.73. The Labute approximate surface area is 147 Å². The molecule has 0 spiro atoms. The number of amides is 1. The van der Waals surface area contributed by atoms with Crippen molar-refractivity contribution >= 4 is 21.6 Å². The summed E-state index contributed by atoms with van der Waals surface area (Å²) >= 11 is 0. The van der Waals surface area contributed by atoms with Gasteiger partial charge in [0.05, 0.1) is 15.2 Å². The number of carbonyl (C=O) groups excluding carboxylic acids is 1. The van der Waals surface area contributed by atoms with Gasteiger partial charge in [0.2, 0.25) is 15.9 Å². The summed E-state index contributed by atoms with van der Waals surface area (Å²) in [6.07, 6.45) is 1.18. The molecule has 0 atom stereocenters. The van der Waals surface area contributed by atoms with Crippen molar-refractivity contribution in [3.63, 3.8) is 0 Å². The second-order valence-corrected chi connectivity index (χ2v) is 7.37. The highest BCUT2D eigenvalue weighted by molar-refractivity contribution is 7.89. The van der Waals surface area contributed by atoms with Gasteiger partial charge in [-0.2, -0.15) is 0 Å². The van der Waals surface area contributed by atoms with Gasteiger partial charge in [-0.25, -0.2) is 13.1 Å². The molecule has 0 bridgehead atoms. The molecule has 1 aromatic rings. The summed E-state index contributed by atoms with van der Waals surface area (Å²) in [5.74, 6) is -0.213. The number of nitrogens with one attached hydrogen (secondary N) is 2. The number of carbonyl (C=O) groups is 1. The van der Waals surface area contributed by atoms with Crippen LogP contribution in [0.3, 0.4) is 0 Å². The van der Waals surface area contributed by atoms with E-state index in [1.807, 2.05) is 13.8 Å². The van der Waals surface area contributed by atoms with E-state index in [0.29, 0.717) is 12.8 Å². The number of benzene rings is 1. The van der Waals surface area contributed by atoms with Crippen molar-refractivity contribution in [2.75, 3.05) is 19.6 Å². The van der Waals surface area contributed by atoms with Crippen molar-refractivity contribution in [2.24, 2.45) is 11.1 Å². The zero-order valence-electron chi connectivity index (χ0n) is 14.3. The standard InChI is InChI=1S/C15H24N4O5S/c1-3-15(4-2,11-16)14(20)17-8-9-18-25(23,24)13-7-5-6-12(10-13)19(21)22/h5-7,10,18H,3-4,8-9,11,16H2,1-2H3,(H,17,20). The Balaban J connectivity index is 2.65. The van der Waals surface area contributed by atoms with E-state index < -0.39 is 20.4 Å². The van der Waals surface area contributed by atoms with Crippen LogP contribution in [0.5, 0.6) is 0 Å². The molecule has 10 heteroatoms. The molecule has 4 N–H and O–H groups in total. The number of nitro benzene ring substituents is 1. The highest BCUT2D eigenvalue weighted by atomic mass is 32.2. The van der Waals surface area contributed by atoms with Gasteiger partial charge in [0.15, 0.2) is 0 Å². The molecule has 0 aliphatic heterocycles. The Morgan fingerprint density at radius 3 is 2.44 bits per heavy atom. The van der Waals surface area contributed by atoms with Gasteiger partial charge < -0.3 is 11.1 Å². The molecule has 25 heavy (non-hydrogen) atoms. The van der Waals surface area contributed by atoms with Crippen molar-refractivity contribution in [2.45, 2.75) is 31.6 Å². The van der Waals surface area contributed by atoms with Crippen molar-refractivity contribution in [3.8, 4) is 0 Å². The lowest BCUT2D eigenvalue weighted by Gasteiger charge is -2.28. The average Bonchev–Trinajstić information content (AvgIpc) is 2.61. The maximum atomic E-state index is 12.2. The highest BCUT2D eigenvalue weighted by Gasteiger charge is 2.32. The molecule has 0 saturated heterocycles. The Hall–Kier alpha value is -2.04. The second kappa shape index (κ2) is 8.88. The van der Waals surface area contributed by atoms with Crippen LogP contribution >= 0.6 is 0 Å². The zero-order chi connectivity index (χ0) is 19.1. The highest BCUT2D eigenvalue weighted by Crippen LogP contribution is 2.24. The first kappa shape index (κ1) is 21.0. The second-order valence-electron chi connectivity index (χ2n) is 5.60. The van der Waals surface area contributed by atoms with Crippen LogP contribution in [0, 0.1) is 15.5 Å². The van der Waals surface area contributed by atoms with Gasteiger partial charge in [0.25, 0.3) is 5.69 Å². The molecule has 0 radical (unpaired) electrons. The van der Waals surface area contributed by atoms with Gasteiger partial charge in [-0.3, -0.25) is 14.9 Å². The Morgan fingerprint density at radius 2 is 1.92 bits per heavy atom. The minimum atomic E-state index is -3.90. The number of nitrogens with zero attached hydrogens (tertiary/aromatic N) is 1. The third kappa shape index (κ3) is 5.21. The summed E-state index contributed by atoms with van der Waals surface area (Å²) in [7, 11) is -3.90. The lowest BCUT2D eigenvalue weighted by atomic mass is 9.81. The van der Waals surface area contributed by atoms with E-state index >= 15 is 0 Å². The Bertz CT molecular complexity index is 708. The normalized spacial score (nSPS) is 12.0. The van der Waals surface area contributed by atoms with Gasteiger partial charge in [-0.1, -0.05) is 19.9 Å². The Kier molecular flexibility index (Phi) is 7.46. The van der Waals surface area contributed by atoms with E-state index in [-0.39, 0.29) is 36.1 Å². The fourth-order valence-electron chi connectivity index (χ4n) is 2.35. The van der Waals surface area contributed by atoms with Crippen molar-refractivity contribution in [1.82, 2.24) is 10.0 Å². The molecule has 0 fully saturated rings. The van der Waals surface area contributed by atoms with E-state index in [9.17, 15) is 23.3 Å². The first-order valence-corrected chi connectivity index (χ1v) is 9.43. The van der Waals surface area contributed by atoms with Crippen LogP contribution < -0.4 is 15.8 Å². The first-order valence-electron chi connectivity index (χ1n) is 7.95. The summed E-state index contributed by atoms with van der Waals surface area (Å²) < 4.78 is 26.6. The molecule has 0 unspecified atom stereocenters. The third-order valence-corrected chi connectivity index (χ3v) is 5.73. The van der Waals surface area contributed by atoms with E-state index in [4.69, 9.17) is 5.73 Å². The van der Waals surface area contributed by atoms with Crippen LogP contribution in [0.1, 0.15) is 26.7 Å². The van der Waals surface area contributed by atoms with Gasteiger partial charge >= 0.3 is 0 Å². The largest absolute Gasteiger partial charge is 0.354 e. The number of nitro groups is 1. The third-order valence-electron chi connectivity index (χ3n) is 4.27. The summed E-state index contributed by atoms with van der Waals surface area (Å²) in [6, 6.07) is 4.75. The minimum absolute atomic E-state index is 0.0369. The van der Waals surface area contributed by atoms with Crippen molar-refractivity contribution in [3.05, 3.63) is 34.4 Å². The summed E-state index contributed by atoms with van der Waals surface area (Å²) in [4.78, 5) is 22.1. The fraction of sp³-hybridized carbons (Fsp3) is 0.533. The minimum Gasteiger partial charge on any atom is -0.354 e.